The van der Waals surface area contributed by atoms with Gasteiger partial charge in [0.15, 0.2) is 0 Å². The third kappa shape index (κ3) is 20.5. The van der Waals surface area contributed by atoms with Crippen molar-refractivity contribution in [3.05, 3.63) is 246 Å². The van der Waals surface area contributed by atoms with Crippen LogP contribution in [0.25, 0.3) is 0 Å². The molecule has 0 heterocycles. The highest BCUT2D eigenvalue weighted by molar-refractivity contribution is 7.41. The Morgan fingerprint density at radius 2 is 0.358 bits per heavy atom. The molecule has 0 aromatic heterocycles. The first kappa shape index (κ1) is 92.7. The average Bonchev–Trinajstić information content (AvgIpc) is 0.706. The van der Waals surface area contributed by atoms with E-state index in [0.29, 0.717) is 19.3 Å². The second-order valence-electron chi connectivity index (χ2n) is 45.2. The van der Waals surface area contributed by atoms with Crippen LogP contribution in [-0.4, -0.2) is 0 Å². The number of unbranched alkanes of at least 4 members (excludes halogenated alkanes) is 3. The molecule has 109 heavy (non-hydrogen) atoms. The van der Waals surface area contributed by atoms with Gasteiger partial charge >= 0.3 is 8.60 Å². The molecule has 0 amide bonds. The lowest BCUT2D eigenvalue weighted by molar-refractivity contribution is 0.00989. The van der Waals surface area contributed by atoms with E-state index in [1.54, 1.807) is 0 Å². The number of rotatable bonds is 24. The van der Waals surface area contributed by atoms with Crippen molar-refractivity contribution in [3.8, 4) is 0 Å². The second-order valence-corrected chi connectivity index (χ2v) is 46.2. The molecule has 0 N–H and O–H groups in total. The van der Waals surface area contributed by atoms with Gasteiger partial charge in [0, 0.05) is 0 Å². The van der Waals surface area contributed by atoms with Crippen LogP contribution in [0.5, 0.6) is 0 Å². The summed E-state index contributed by atoms with van der Waals surface area (Å²) in [4.78, 5) is 0. The zero-order chi connectivity index (χ0) is 83.4. The van der Waals surface area contributed by atoms with Crippen LogP contribution in [0.4, 0.5) is 0 Å². The lowest BCUT2D eigenvalue weighted by Gasteiger charge is -2.50. The van der Waals surface area contributed by atoms with E-state index in [4.69, 9.17) is 19.7 Å². The molecule has 602 valence electrons. The van der Waals surface area contributed by atoms with Crippen LogP contribution < -0.4 is 0 Å². The van der Waals surface area contributed by atoms with Crippen LogP contribution in [0, 0.1) is 0 Å². The zero-order valence-electron chi connectivity index (χ0n) is 77.5. The molecule has 0 saturated heterocycles. The zero-order valence-corrected chi connectivity index (χ0v) is 78.4. The molecule has 0 aliphatic carbocycles. The summed E-state index contributed by atoms with van der Waals surface area (Å²) in [7, 11) is -2.86. The summed E-state index contributed by atoms with van der Waals surface area (Å²) >= 11 is 0. The molecule has 3 nitrogen and oxygen atoms in total. The van der Waals surface area contributed by atoms with Gasteiger partial charge in [0.05, 0.1) is 0 Å². The van der Waals surface area contributed by atoms with Gasteiger partial charge in [-0.2, -0.15) is 0 Å². The quantitative estimate of drug-likeness (QED) is 0.0446. The van der Waals surface area contributed by atoms with E-state index >= 15 is 0 Å². The van der Waals surface area contributed by atoms with Gasteiger partial charge in [-0.05, 0) is 220 Å². The van der Waals surface area contributed by atoms with Crippen LogP contribution >= 0.6 is 8.60 Å². The maximum absolute atomic E-state index is 9.55. The Labute approximate surface area is 673 Å². The predicted molar refractivity (Wildman–Crippen MR) is 482 cm³/mol. The summed E-state index contributed by atoms with van der Waals surface area (Å²) in [5.74, 6) is 0. The number of hydrogen-bond donors (Lipinski definition) is 0. The maximum Gasteiger partial charge on any atom is 0.337 e. The summed E-state index contributed by atoms with van der Waals surface area (Å²) in [5.41, 5.74) is 15.6. The minimum atomic E-state index is -2.86. The standard InChI is InChI=1S/C105H159O3P/c1-43-46-49-70(4)103(79-58-52-73(91(7,8)9)64-85(79)97(25,26)27,80-59-53-74(92(10,11)12)65-86(80)98(28,29)30)106-109(107-104(71(5)50-47-44-2,81-60-54-75(93(13,14)15)66-87(81)99(31,32)33)82-61-55-76(94(16,17)18)67-88(82)100(34,35)36)108-105(72(6)51-48-45-3,83-62-56-77(95(19,20)21)68-89(83)101(37,38)39)84-63-57-78(96(22,23)24)69-90(84)102(40,41)42/h52-69H,4-6,43-51H2,1-3,7-42H3. The Balaban J connectivity index is 2.28. The van der Waals surface area contributed by atoms with Gasteiger partial charge in [-0.1, -0.05) is 418 Å². The highest BCUT2D eigenvalue weighted by atomic mass is 31.2. The summed E-state index contributed by atoms with van der Waals surface area (Å²) < 4.78 is 28.7. The summed E-state index contributed by atoms with van der Waals surface area (Å²) in [6.07, 6.45) is 7.46. The molecular weight excluding hydrogens is 1340 g/mol. The van der Waals surface area contributed by atoms with Crippen molar-refractivity contribution in [2.45, 2.75) is 410 Å². The fraction of sp³-hybridized carbons (Fsp3) is 0.600. The molecule has 0 radical (unpaired) electrons. The highest BCUT2D eigenvalue weighted by Gasteiger charge is 2.57. The van der Waals surface area contributed by atoms with Crippen molar-refractivity contribution in [3.63, 3.8) is 0 Å². The molecule has 6 rings (SSSR count). The predicted octanol–water partition coefficient (Wildman–Crippen LogP) is 31.9. The molecule has 0 atom stereocenters. The highest BCUT2D eigenvalue weighted by Crippen LogP contribution is 2.67. The molecule has 6 aromatic rings. The van der Waals surface area contributed by atoms with Gasteiger partial charge in [-0.3, -0.25) is 13.6 Å². The molecule has 6 aromatic carbocycles. The van der Waals surface area contributed by atoms with E-state index in [2.05, 4.69) is 379 Å². The fourth-order valence-corrected chi connectivity index (χ4v) is 17.5. The van der Waals surface area contributed by atoms with Gasteiger partial charge in [-0.15, -0.1) is 0 Å². The smallest absolute Gasteiger partial charge is 0.291 e. The number of hydrogen-bond acceptors (Lipinski definition) is 3. The Hall–Kier alpha value is -5.15. The third-order valence-corrected chi connectivity index (χ3v) is 24.3. The molecule has 0 fully saturated rings. The van der Waals surface area contributed by atoms with Crippen molar-refractivity contribution in [1.29, 1.82) is 0 Å². The van der Waals surface area contributed by atoms with Gasteiger partial charge in [0.25, 0.3) is 0 Å². The minimum Gasteiger partial charge on any atom is -0.291 e. The summed E-state index contributed by atoms with van der Waals surface area (Å²) in [6.45, 7) is 109. The van der Waals surface area contributed by atoms with E-state index < -0.39 is 57.9 Å². The topological polar surface area (TPSA) is 27.7 Å². The molecular formula is C105H159O3P. The molecule has 0 unspecified atom stereocenters. The second kappa shape index (κ2) is 32.6. The molecule has 0 spiro atoms. The van der Waals surface area contributed by atoms with Crippen LogP contribution in [0.2, 0.25) is 0 Å². The van der Waals surface area contributed by atoms with Crippen molar-refractivity contribution in [2.24, 2.45) is 0 Å². The normalized spacial score (nSPS) is 14.1. The van der Waals surface area contributed by atoms with Gasteiger partial charge < -0.3 is 0 Å². The molecule has 0 bridgehead atoms. The van der Waals surface area contributed by atoms with Crippen molar-refractivity contribution < 1.29 is 13.6 Å². The van der Waals surface area contributed by atoms with Crippen LogP contribution in [0.15, 0.2) is 146 Å². The Bertz CT molecular complexity index is 3520. The van der Waals surface area contributed by atoms with E-state index in [0.717, 1.165) is 88.6 Å². The van der Waals surface area contributed by atoms with Crippen LogP contribution in [-0.2, 0) is 95.4 Å². The Morgan fingerprint density at radius 1 is 0.220 bits per heavy atom. The van der Waals surface area contributed by atoms with Gasteiger partial charge in [0.2, 0.25) is 0 Å². The largest absolute Gasteiger partial charge is 0.337 e. The van der Waals surface area contributed by atoms with E-state index in [9.17, 15) is 13.6 Å². The Morgan fingerprint density at radius 3 is 0.468 bits per heavy atom. The maximum atomic E-state index is 9.55. The van der Waals surface area contributed by atoms with Crippen LogP contribution in [0.3, 0.4) is 0 Å². The fourth-order valence-electron chi connectivity index (χ4n) is 15.8. The first-order chi connectivity index (χ1) is 49.2. The van der Waals surface area contributed by atoms with Crippen LogP contribution in [0.1, 0.15) is 428 Å². The van der Waals surface area contributed by atoms with Crippen molar-refractivity contribution in [1.82, 2.24) is 0 Å². The molecule has 0 saturated carbocycles. The molecule has 0 aliphatic rings. The number of benzene rings is 6. The third-order valence-electron chi connectivity index (χ3n) is 23.1. The first-order valence-corrected chi connectivity index (χ1v) is 43.2. The van der Waals surface area contributed by atoms with E-state index in [-0.39, 0.29) is 32.5 Å². The molecule has 4 heteroatoms. The van der Waals surface area contributed by atoms with Gasteiger partial charge in [0.1, 0.15) is 16.8 Å². The van der Waals surface area contributed by atoms with E-state index in [1.807, 2.05) is 0 Å². The lowest BCUT2D eigenvalue weighted by Crippen LogP contribution is -2.43. The SMILES string of the molecule is C=C(CCCC)C(OP(OC(C(=C)CCCC)(c1ccc(C(C)(C)C)cc1C(C)(C)C)c1ccc(C(C)(C)C)cc1C(C)(C)C)OC(C(=C)CCCC)(c1ccc(C(C)(C)C)cc1C(C)(C)C)c1ccc(C(C)(C)C)cc1C(C)(C)C)(c1ccc(C(C)(C)C)cc1C(C)(C)C)c1ccc(C(C)(C)C)cc1C(C)(C)C. The first-order valence-electron chi connectivity index (χ1n) is 42.1. The minimum absolute atomic E-state index is 0.191. The summed E-state index contributed by atoms with van der Waals surface area (Å²) in [6, 6.07) is 44.1. The average molecular weight is 1500 g/mol. The van der Waals surface area contributed by atoms with Crippen molar-refractivity contribution >= 4 is 8.60 Å². The summed E-state index contributed by atoms with van der Waals surface area (Å²) in [5, 5.41) is 0. The molecule has 0 aliphatic heterocycles. The lowest BCUT2D eigenvalue weighted by atomic mass is 9.67. The monoisotopic (exact) mass is 1500 g/mol. The van der Waals surface area contributed by atoms with E-state index in [1.165, 1.54) is 66.8 Å². The van der Waals surface area contributed by atoms with Gasteiger partial charge in [-0.25, -0.2) is 0 Å². The van der Waals surface area contributed by atoms with Crippen molar-refractivity contribution in [2.75, 3.05) is 0 Å². The Kier molecular flexibility index (Phi) is 27.7.